The van der Waals surface area contributed by atoms with Gasteiger partial charge >= 0.3 is 23.9 Å². The summed E-state index contributed by atoms with van der Waals surface area (Å²) in [7, 11) is 1.26. The molecule has 2 aliphatic carbocycles. The van der Waals surface area contributed by atoms with E-state index in [-0.39, 0.29) is 25.0 Å². The standard InChI is InChI=1S/C31H46O10/c1-9-11-25(33)39-21-16-23(38-20(6)32)30(7)22(40-26(34)12-10-2)14-13-17(3)15-24-31(41-24,19(5)29(36)37-8)28(35)27(30)18(21)4/h15,18-19,21-24,27H,9-14,16H2,1-8H3. The van der Waals surface area contributed by atoms with Gasteiger partial charge in [0.25, 0.3) is 0 Å². The lowest BCUT2D eigenvalue weighted by atomic mass is 9.53. The lowest BCUT2D eigenvalue weighted by molar-refractivity contribution is -0.212. The predicted molar refractivity (Wildman–Crippen MR) is 147 cm³/mol. The van der Waals surface area contributed by atoms with E-state index in [1.807, 2.05) is 40.7 Å². The van der Waals surface area contributed by atoms with Gasteiger partial charge < -0.3 is 23.7 Å². The smallest absolute Gasteiger partial charge is 0.311 e. The number of methoxy groups -OCH3 is 1. The number of ketones is 1. The zero-order chi connectivity index (χ0) is 30.7. The van der Waals surface area contributed by atoms with Gasteiger partial charge in [-0.2, -0.15) is 0 Å². The Labute approximate surface area is 242 Å². The van der Waals surface area contributed by atoms with Gasteiger partial charge in [-0.25, -0.2) is 0 Å². The molecule has 1 saturated carbocycles. The van der Waals surface area contributed by atoms with Crippen molar-refractivity contribution in [3.8, 4) is 0 Å². The van der Waals surface area contributed by atoms with Crippen LogP contribution in [0.4, 0.5) is 0 Å². The molecule has 2 fully saturated rings. The van der Waals surface area contributed by atoms with E-state index < -0.39 is 77.1 Å². The maximum absolute atomic E-state index is 14.9. The van der Waals surface area contributed by atoms with Gasteiger partial charge in [0.1, 0.15) is 24.4 Å². The molecule has 3 aliphatic rings. The number of epoxide rings is 1. The topological polar surface area (TPSA) is 135 Å². The molecule has 0 radical (unpaired) electrons. The molecule has 1 saturated heterocycles. The van der Waals surface area contributed by atoms with Gasteiger partial charge in [0, 0.05) is 38.0 Å². The Kier molecular flexibility index (Phi) is 10.4. The Morgan fingerprint density at radius 1 is 1.05 bits per heavy atom. The van der Waals surface area contributed by atoms with Gasteiger partial charge in [-0.05, 0) is 39.5 Å². The second-order valence-corrected chi connectivity index (χ2v) is 12.0. The first-order chi connectivity index (χ1) is 19.3. The van der Waals surface area contributed by atoms with Crippen molar-refractivity contribution < 1.29 is 47.7 Å². The number of esters is 4. The van der Waals surface area contributed by atoms with Crippen molar-refractivity contribution in [3.63, 3.8) is 0 Å². The summed E-state index contributed by atoms with van der Waals surface area (Å²) in [5.41, 5.74) is -1.82. The number of carbonyl (C=O) groups excluding carboxylic acids is 5. The fraction of sp³-hybridized carbons (Fsp3) is 0.774. The summed E-state index contributed by atoms with van der Waals surface area (Å²) in [5, 5.41) is 0. The summed E-state index contributed by atoms with van der Waals surface area (Å²) in [6.07, 6.45) is 1.32. The molecule has 0 amide bonds. The maximum Gasteiger partial charge on any atom is 0.311 e. The highest BCUT2D eigenvalue weighted by Gasteiger charge is 2.72. The number of carbonyl (C=O) groups is 5. The van der Waals surface area contributed by atoms with Gasteiger partial charge in [0.15, 0.2) is 11.4 Å². The van der Waals surface area contributed by atoms with Crippen molar-refractivity contribution in [1.82, 2.24) is 0 Å². The quantitative estimate of drug-likeness (QED) is 0.169. The number of hydrogen-bond donors (Lipinski definition) is 0. The van der Waals surface area contributed by atoms with Crippen LogP contribution in [0.25, 0.3) is 0 Å². The van der Waals surface area contributed by atoms with E-state index in [1.165, 1.54) is 14.0 Å². The van der Waals surface area contributed by atoms with Gasteiger partial charge in [0.05, 0.1) is 18.4 Å². The van der Waals surface area contributed by atoms with Crippen LogP contribution in [0, 0.1) is 23.2 Å². The Morgan fingerprint density at radius 3 is 2.22 bits per heavy atom. The highest BCUT2D eigenvalue weighted by atomic mass is 16.6. The van der Waals surface area contributed by atoms with E-state index in [9.17, 15) is 24.0 Å². The Morgan fingerprint density at radius 2 is 1.66 bits per heavy atom. The van der Waals surface area contributed by atoms with Crippen LogP contribution in [0.3, 0.4) is 0 Å². The van der Waals surface area contributed by atoms with Gasteiger partial charge in [-0.1, -0.05) is 39.3 Å². The first-order valence-corrected chi connectivity index (χ1v) is 14.8. The third-order valence-corrected chi connectivity index (χ3v) is 9.18. The van der Waals surface area contributed by atoms with Crippen molar-refractivity contribution >= 4 is 29.7 Å². The summed E-state index contributed by atoms with van der Waals surface area (Å²) < 4.78 is 29.0. The summed E-state index contributed by atoms with van der Waals surface area (Å²) in [6.45, 7) is 12.2. The van der Waals surface area contributed by atoms with Crippen molar-refractivity contribution in [3.05, 3.63) is 11.6 Å². The predicted octanol–water partition coefficient (Wildman–Crippen LogP) is 4.26. The molecule has 0 aromatic rings. The molecule has 0 aromatic carbocycles. The van der Waals surface area contributed by atoms with Crippen LogP contribution < -0.4 is 0 Å². The SMILES string of the molecule is CCCC(=O)OC1CC(OC(C)=O)C2(C)C(OC(=O)CCC)CCC(C)=CC3OC3(C(C)C(=O)OC)C(=O)C2C1C. The summed E-state index contributed by atoms with van der Waals surface area (Å²) >= 11 is 0. The molecule has 9 unspecified atom stereocenters. The molecule has 1 heterocycles. The minimum Gasteiger partial charge on any atom is -0.469 e. The van der Waals surface area contributed by atoms with Crippen LogP contribution in [-0.2, 0) is 47.7 Å². The maximum atomic E-state index is 14.9. The third-order valence-electron chi connectivity index (χ3n) is 9.18. The van der Waals surface area contributed by atoms with Gasteiger partial charge in [0.2, 0.25) is 0 Å². The number of rotatable bonds is 9. The number of hydrogen-bond acceptors (Lipinski definition) is 10. The van der Waals surface area contributed by atoms with Crippen LogP contribution in [0.5, 0.6) is 0 Å². The first-order valence-electron chi connectivity index (χ1n) is 14.8. The average molecular weight is 579 g/mol. The molecule has 10 heteroatoms. The normalized spacial score (nSPS) is 35.5. The highest BCUT2D eigenvalue weighted by Crippen LogP contribution is 2.58. The number of Topliss-reactive ketones (excluding diaryl/α,β-unsaturated/α-hetero) is 1. The zero-order valence-corrected chi connectivity index (χ0v) is 25.7. The Hall–Kier alpha value is -2.75. The molecule has 41 heavy (non-hydrogen) atoms. The van der Waals surface area contributed by atoms with Crippen molar-refractivity contribution in [2.75, 3.05) is 7.11 Å². The van der Waals surface area contributed by atoms with E-state index in [4.69, 9.17) is 23.7 Å². The van der Waals surface area contributed by atoms with Crippen molar-refractivity contribution in [2.45, 2.75) is 123 Å². The van der Waals surface area contributed by atoms with Crippen LogP contribution in [0.15, 0.2) is 11.6 Å². The highest BCUT2D eigenvalue weighted by molar-refractivity contribution is 5.98. The monoisotopic (exact) mass is 578 g/mol. The first kappa shape index (κ1) is 32.8. The molecule has 0 spiro atoms. The van der Waals surface area contributed by atoms with E-state index >= 15 is 0 Å². The molecule has 3 rings (SSSR count). The molecule has 0 aromatic heterocycles. The van der Waals surface area contributed by atoms with Crippen LogP contribution in [0.2, 0.25) is 0 Å². The van der Waals surface area contributed by atoms with Crippen molar-refractivity contribution in [1.29, 1.82) is 0 Å². The average Bonchev–Trinajstić information content (AvgIpc) is 3.62. The molecular weight excluding hydrogens is 532 g/mol. The minimum atomic E-state index is -1.53. The summed E-state index contributed by atoms with van der Waals surface area (Å²) in [4.78, 5) is 65.7. The Balaban J connectivity index is 2.24. The summed E-state index contributed by atoms with van der Waals surface area (Å²) in [5.74, 6) is -4.83. The van der Waals surface area contributed by atoms with Gasteiger partial charge in [-0.3, -0.25) is 24.0 Å². The molecular formula is C31H46O10. The lowest BCUT2D eigenvalue weighted by Crippen LogP contribution is -2.64. The van der Waals surface area contributed by atoms with Crippen LogP contribution in [0.1, 0.15) is 93.4 Å². The fourth-order valence-electron chi connectivity index (χ4n) is 6.86. The second kappa shape index (κ2) is 13.0. The van der Waals surface area contributed by atoms with E-state index in [0.717, 1.165) is 5.57 Å². The molecule has 9 atom stereocenters. The molecule has 230 valence electrons. The van der Waals surface area contributed by atoms with E-state index in [0.29, 0.717) is 25.7 Å². The van der Waals surface area contributed by atoms with E-state index in [1.54, 1.807) is 6.92 Å². The zero-order valence-electron chi connectivity index (χ0n) is 25.7. The fourth-order valence-corrected chi connectivity index (χ4v) is 6.86. The van der Waals surface area contributed by atoms with Gasteiger partial charge in [-0.15, -0.1) is 0 Å². The molecule has 1 aliphatic heterocycles. The molecule has 0 bridgehead atoms. The lowest BCUT2D eigenvalue weighted by Gasteiger charge is -2.54. The largest absolute Gasteiger partial charge is 0.469 e. The number of fused-ring (bicyclic) bond motifs is 2. The summed E-state index contributed by atoms with van der Waals surface area (Å²) in [6, 6.07) is 0. The van der Waals surface area contributed by atoms with Crippen molar-refractivity contribution in [2.24, 2.45) is 23.2 Å². The van der Waals surface area contributed by atoms with E-state index in [2.05, 4.69) is 0 Å². The number of allylic oxidation sites excluding steroid dienone is 1. The molecule has 10 nitrogen and oxygen atoms in total. The Bertz CT molecular complexity index is 1070. The van der Waals surface area contributed by atoms with Crippen LogP contribution >= 0.6 is 0 Å². The molecule has 0 N–H and O–H groups in total. The number of ether oxygens (including phenoxy) is 5. The minimum absolute atomic E-state index is 0.136. The van der Waals surface area contributed by atoms with Crippen LogP contribution in [-0.4, -0.2) is 66.8 Å². The third kappa shape index (κ3) is 6.37. The second-order valence-electron chi connectivity index (χ2n) is 12.0.